The zero-order valence-electron chi connectivity index (χ0n) is 15.6. The number of pyridine rings is 1. The van der Waals surface area contributed by atoms with E-state index in [1.54, 1.807) is 18.5 Å². The fourth-order valence-electron chi connectivity index (χ4n) is 2.65. The van der Waals surface area contributed by atoms with Gasteiger partial charge in [0.1, 0.15) is 0 Å². The van der Waals surface area contributed by atoms with E-state index >= 15 is 0 Å². The molecular weight excluding hydrogens is 352 g/mol. The van der Waals surface area contributed by atoms with Gasteiger partial charge in [-0.25, -0.2) is 9.97 Å². The highest BCUT2D eigenvalue weighted by molar-refractivity contribution is 8.28. The van der Waals surface area contributed by atoms with Crippen LogP contribution in [0.15, 0.2) is 66.5 Å². The van der Waals surface area contributed by atoms with Crippen LogP contribution < -0.4 is 4.72 Å². The Morgan fingerprint density at radius 3 is 2.52 bits per heavy atom. The molecule has 27 heavy (non-hydrogen) atoms. The predicted molar refractivity (Wildman–Crippen MR) is 119 cm³/mol. The van der Waals surface area contributed by atoms with Crippen LogP contribution in [0.4, 0.5) is 5.82 Å². The van der Waals surface area contributed by atoms with Gasteiger partial charge in [-0.15, -0.1) is 9.39 Å². The van der Waals surface area contributed by atoms with Gasteiger partial charge >= 0.3 is 0 Å². The molecule has 1 N–H and O–H groups in total. The molecule has 0 fully saturated rings. The maximum absolute atomic E-state index is 4.69. The van der Waals surface area contributed by atoms with Crippen molar-refractivity contribution in [2.24, 2.45) is 0 Å². The highest BCUT2D eigenvalue weighted by Gasteiger charge is 2.11. The molecule has 4 nitrogen and oxygen atoms in total. The minimum atomic E-state index is -1.75. The van der Waals surface area contributed by atoms with Crippen LogP contribution in [0.1, 0.15) is 22.5 Å². The van der Waals surface area contributed by atoms with Crippen LogP contribution in [0.5, 0.6) is 0 Å². The second kappa shape index (κ2) is 8.18. The lowest BCUT2D eigenvalue weighted by molar-refractivity contribution is 0.896. The van der Waals surface area contributed by atoms with Gasteiger partial charge in [0, 0.05) is 17.3 Å². The molecule has 1 aromatic carbocycles. The molecule has 138 valence electrons. The summed E-state index contributed by atoms with van der Waals surface area (Å²) in [4.78, 5) is 14.5. The molecule has 0 atom stereocenters. The number of rotatable bonds is 7. The van der Waals surface area contributed by atoms with Gasteiger partial charge in [0.05, 0.1) is 17.6 Å². The Morgan fingerprint density at radius 2 is 1.85 bits per heavy atom. The van der Waals surface area contributed by atoms with Crippen molar-refractivity contribution in [2.75, 3.05) is 4.72 Å². The minimum Gasteiger partial charge on any atom is -0.321 e. The van der Waals surface area contributed by atoms with Crippen LogP contribution in [0.2, 0.25) is 0 Å². The topological polar surface area (TPSA) is 50.7 Å². The maximum Gasteiger partial charge on any atom is 0.157 e. The lowest BCUT2D eigenvalue weighted by Gasteiger charge is -2.20. The van der Waals surface area contributed by atoms with Crippen LogP contribution in [-0.4, -0.2) is 26.7 Å². The van der Waals surface area contributed by atoms with E-state index in [1.807, 2.05) is 12.3 Å². The lowest BCUT2D eigenvalue weighted by atomic mass is 10.1. The fourth-order valence-corrected chi connectivity index (χ4v) is 3.97. The molecule has 5 heteroatoms. The summed E-state index contributed by atoms with van der Waals surface area (Å²) in [7, 11) is -1.75. The van der Waals surface area contributed by atoms with Gasteiger partial charge in [0.2, 0.25) is 0 Å². The second-order valence-electron chi connectivity index (χ2n) is 6.45. The van der Waals surface area contributed by atoms with Gasteiger partial charge in [-0.1, -0.05) is 42.1 Å². The van der Waals surface area contributed by atoms with E-state index in [0.717, 1.165) is 40.5 Å². The molecule has 0 aliphatic rings. The van der Waals surface area contributed by atoms with E-state index in [0.29, 0.717) is 0 Å². The highest BCUT2D eigenvalue weighted by atomic mass is 32.2. The summed E-state index contributed by atoms with van der Waals surface area (Å²) in [5.41, 5.74) is 4.01. The molecule has 0 amide bonds. The average molecular weight is 377 g/mol. The summed E-state index contributed by atoms with van der Waals surface area (Å²) >= 11 is 0. The smallest absolute Gasteiger partial charge is 0.157 e. The number of anilines is 1. The molecular formula is C22H24N4S. The summed E-state index contributed by atoms with van der Waals surface area (Å²) in [5, 5.41) is 0. The monoisotopic (exact) mass is 376 g/mol. The van der Waals surface area contributed by atoms with Crippen molar-refractivity contribution in [1.29, 1.82) is 0 Å². The fraction of sp³-hybridized carbons (Fsp3) is 0.136. The quantitative estimate of drug-likeness (QED) is 0.609. The Morgan fingerprint density at radius 1 is 1.07 bits per heavy atom. The van der Waals surface area contributed by atoms with E-state index in [2.05, 4.69) is 70.3 Å². The Bertz CT molecular complexity index is 1020. The molecule has 0 radical (unpaired) electrons. The third kappa shape index (κ3) is 4.83. The largest absolute Gasteiger partial charge is 0.321 e. The maximum atomic E-state index is 4.69. The molecule has 0 bridgehead atoms. The highest BCUT2D eigenvalue weighted by Crippen LogP contribution is 2.33. The van der Waals surface area contributed by atoms with Crippen LogP contribution in [0, 0.1) is 6.92 Å². The first-order valence-corrected chi connectivity index (χ1v) is 10.7. The minimum absolute atomic E-state index is 0.727. The first kappa shape index (κ1) is 18.9. The molecule has 0 saturated heterocycles. The summed E-state index contributed by atoms with van der Waals surface area (Å²) in [5.74, 6) is 9.39. The van der Waals surface area contributed by atoms with E-state index in [9.17, 15) is 0 Å². The molecule has 0 aliphatic heterocycles. The lowest BCUT2D eigenvalue weighted by Crippen LogP contribution is -2.06. The predicted octanol–water partition coefficient (Wildman–Crippen LogP) is 4.66. The number of benzene rings is 1. The Hall–Kier alpha value is -2.92. The standard InChI is InChI=1S/C22H24N4S/c1-5-19-16-24-22(21(25-19)13-10-18-7-6-14-23-15-18)26-27(3,4)20-11-8-17(2)9-12-20/h5-9,11-12,14-16H,1,3-4,10,13H2,2H3,(H,24,26). The van der Waals surface area contributed by atoms with E-state index < -0.39 is 9.39 Å². The van der Waals surface area contributed by atoms with Gasteiger partial charge < -0.3 is 4.72 Å². The van der Waals surface area contributed by atoms with Gasteiger partial charge in [-0.05, 0) is 49.6 Å². The molecule has 3 aromatic rings. The zero-order chi connectivity index (χ0) is 19.3. The van der Waals surface area contributed by atoms with Crippen molar-refractivity contribution in [2.45, 2.75) is 24.7 Å². The molecule has 0 aliphatic carbocycles. The molecule has 0 saturated carbocycles. The Balaban J connectivity index is 1.87. The van der Waals surface area contributed by atoms with E-state index in [4.69, 9.17) is 4.98 Å². The van der Waals surface area contributed by atoms with Crippen LogP contribution in [0.25, 0.3) is 6.08 Å². The molecule has 0 unspecified atom stereocenters. The van der Waals surface area contributed by atoms with Crippen molar-refractivity contribution in [1.82, 2.24) is 15.0 Å². The summed E-state index contributed by atoms with van der Waals surface area (Å²) in [6.07, 6.45) is 8.65. The number of hydrogen-bond acceptors (Lipinski definition) is 4. The van der Waals surface area contributed by atoms with Crippen LogP contribution in [0.3, 0.4) is 0 Å². The second-order valence-corrected chi connectivity index (χ2v) is 8.90. The third-order valence-electron chi connectivity index (χ3n) is 4.21. The van der Waals surface area contributed by atoms with Gasteiger partial charge in [0.15, 0.2) is 5.82 Å². The molecule has 2 heterocycles. The van der Waals surface area contributed by atoms with Crippen molar-refractivity contribution in [3.63, 3.8) is 0 Å². The molecule has 0 spiro atoms. The summed E-state index contributed by atoms with van der Waals surface area (Å²) < 4.78 is 3.45. The van der Waals surface area contributed by atoms with Crippen LogP contribution >= 0.6 is 9.39 Å². The number of hydrogen-bond donors (Lipinski definition) is 1. The van der Waals surface area contributed by atoms with E-state index in [-0.39, 0.29) is 0 Å². The summed E-state index contributed by atoms with van der Waals surface area (Å²) in [6, 6.07) is 12.3. The SMILES string of the molecule is C=Cc1cnc(NS(=C)(=C)c2ccc(C)cc2)c(CCc2cccnc2)n1. The molecule has 2 aromatic heterocycles. The van der Waals surface area contributed by atoms with Gasteiger partial charge in [-0.2, -0.15) is 0 Å². The summed E-state index contributed by atoms with van der Waals surface area (Å²) in [6.45, 7) is 5.86. The normalized spacial score (nSPS) is 11.1. The van der Waals surface area contributed by atoms with Crippen molar-refractivity contribution in [3.8, 4) is 0 Å². The Kier molecular flexibility index (Phi) is 5.72. The first-order valence-electron chi connectivity index (χ1n) is 8.69. The average Bonchev–Trinajstić information content (AvgIpc) is 2.68. The van der Waals surface area contributed by atoms with Crippen molar-refractivity contribution in [3.05, 3.63) is 84.1 Å². The molecule has 3 rings (SSSR count). The Labute approximate surface area is 161 Å². The van der Waals surface area contributed by atoms with Crippen molar-refractivity contribution >= 4 is 33.0 Å². The zero-order valence-corrected chi connectivity index (χ0v) is 16.4. The van der Waals surface area contributed by atoms with Gasteiger partial charge in [0.25, 0.3) is 0 Å². The van der Waals surface area contributed by atoms with Crippen LogP contribution in [-0.2, 0) is 12.8 Å². The number of aromatic nitrogens is 3. The number of nitrogens with zero attached hydrogens (tertiary/aromatic N) is 3. The number of nitrogens with one attached hydrogen (secondary N) is 1. The van der Waals surface area contributed by atoms with Gasteiger partial charge in [-0.3, -0.25) is 4.98 Å². The van der Waals surface area contributed by atoms with E-state index in [1.165, 1.54) is 5.56 Å². The van der Waals surface area contributed by atoms with Crippen molar-refractivity contribution < 1.29 is 0 Å². The third-order valence-corrected chi connectivity index (χ3v) is 5.97. The number of aryl methyl sites for hydroxylation is 3. The first-order chi connectivity index (χ1) is 13.0.